The fourth-order valence-electron chi connectivity index (χ4n) is 5.39. The number of carbonyl (C=O) groups is 2. The highest BCUT2D eigenvalue weighted by molar-refractivity contribution is 5.94. The molecule has 2 aromatic rings. The molecular weight excluding hydrogens is 366 g/mol. The molecule has 0 radical (unpaired) electrons. The first-order valence-corrected chi connectivity index (χ1v) is 10.6. The van der Waals surface area contributed by atoms with Gasteiger partial charge in [-0.2, -0.15) is 0 Å². The second-order valence-electron chi connectivity index (χ2n) is 8.47. The average Bonchev–Trinajstić information content (AvgIpc) is 3.29. The van der Waals surface area contributed by atoms with Crippen molar-refractivity contribution in [2.75, 3.05) is 19.6 Å². The van der Waals surface area contributed by atoms with Crippen molar-refractivity contribution in [3.63, 3.8) is 0 Å². The number of nitrogens with one attached hydrogen (secondary N) is 2. The second kappa shape index (κ2) is 7.63. The Morgan fingerprint density at radius 2 is 2.03 bits per heavy atom. The SMILES string of the molecule is O=C(NC[C@H]1[C@@H]2CNC[C@@H](C2)[C@@H]2CCCC(=O)N21)c1ccc(-n2ccnc2)cc1. The van der Waals surface area contributed by atoms with E-state index in [1.807, 2.05) is 35.0 Å². The number of nitrogens with zero attached hydrogens (tertiary/aromatic N) is 3. The third-order valence-electron chi connectivity index (χ3n) is 6.80. The van der Waals surface area contributed by atoms with Crippen molar-refractivity contribution in [3.05, 3.63) is 48.5 Å². The number of amides is 2. The van der Waals surface area contributed by atoms with E-state index in [0.29, 0.717) is 36.4 Å². The Kier molecular flexibility index (Phi) is 4.83. The largest absolute Gasteiger partial charge is 0.350 e. The highest BCUT2D eigenvalue weighted by Gasteiger charge is 2.47. The van der Waals surface area contributed by atoms with E-state index in [1.165, 1.54) is 0 Å². The summed E-state index contributed by atoms with van der Waals surface area (Å²) in [5, 5.41) is 6.65. The van der Waals surface area contributed by atoms with E-state index in [9.17, 15) is 9.59 Å². The van der Waals surface area contributed by atoms with Gasteiger partial charge in [0.25, 0.3) is 5.91 Å². The molecule has 1 aromatic heterocycles. The lowest BCUT2D eigenvalue weighted by Gasteiger charge is -2.54. The smallest absolute Gasteiger partial charge is 0.251 e. The molecule has 0 spiro atoms. The van der Waals surface area contributed by atoms with E-state index in [4.69, 9.17) is 0 Å². The summed E-state index contributed by atoms with van der Waals surface area (Å²) in [6.45, 7) is 2.45. The fourth-order valence-corrected chi connectivity index (χ4v) is 5.39. The summed E-state index contributed by atoms with van der Waals surface area (Å²) in [5.41, 5.74) is 1.60. The van der Waals surface area contributed by atoms with Crippen LogP contribution < -0.4 is 10.6 Å². The minimum atomic E-state index is -0.0888. The predicted octanol–water partition coefficient (Wildman–Crippen LogP) is 1.59. The Hall–Kier alpha value is -2.67. The highest BCUT2D eigenvalue weighted by atomic mass is 16.2. The lowest BCUT2D eigenvalue weighted by molar-refractivity contribution is -0.148. The summed E-state index contributed by atoms with van der Waals surface area (Å²) < 4.78 is 1.90. The Balaban J connectivity index is 1.28. The first-order chi connectivity index (χ1) is 14.2. The number of fused-ring (bicyclic) bond motifs is 4. The van der Waals surface area contributed by atoms with E-state index in [2.05, 4.69) is 20.5 Å². The molecule has 29 heavy (non-hydrogen) atoms. The van der Waals surface area contributed by atoms with Gasteiger partial charge < -0.3 is 20.1 Å². The van der Waals surface area contributed by atoms with E-state index < -0.39 is 0 Å². The number of benzene rings is 1. The number of aromatic nitrogens is 2. The summed E-state index contributed by atoms with van der Waals surface area (Å²) >= 11 is 0. The molecule has 3 saturated heterocycles. The first kappa shape index (κ1) is 18.4. The monoisotopic (exact) mass is 393 g/mol. The quantitative estimate of drug-likeness (QED) is 0.827. The normalized spacial score (nSPS) is 28.7. The predicted molar refractivity (Wildman–Crippen MR) is 109 cm³/mol. The molecule has 2 bridgehead atoms. The van der Waals surface area contributed by atoms with Crippen molar-refractivity contribution in [1.29, 1.82) is 0 Å². The van der Waals surface area contributed by atoms with Gasteiger partial charge in [-0.15, -0.1) is 0 Å². The van der Waals surface area contributed by atoms with E-state index in [1.54, 1.807) is 12.5 Å². The van der Waals surface area contributed by atoms with Gasteiger partial charge in [0.05, 0.1) is 12.4 Å². The van der Waals surface area contributed by atoms with Crippen LogP contribution in [0.2, 0.25) is 0 Å². The van der Waals surface area contributed by atoms with Gasteiger partial charge in [0.15, 0.2) is 0 Å². The minimum Gasteiger partial charge on any atom is -0.350 e. The van der Waals surface area contributed by atoms with Crippen LogP contribution >= 0.6 is 0 Å². The van der Waals surface area contributed by atoms with Crippen LogP contribution in [0.5, 0.6) is 0 Å². The lowest BCUT2D eigenvalue weighted by atomic mass is 9.72. The van der Waals surface area contributed by atoms with E-state index in [-0.39, 0.29) is 17.9 Å². The molecule has 4 atom stereocenters. The van der Waals surface area contributed by atoms with E-state index in [0.717, 1.165) is 38.0 Å². The third kappa shape index (κ3) is 3.44. The molecule has 7 heteroatoms. The van der Waals surface area contributed by atoms with Gasteiger partial charge in [-0.1, -0.05) is 0 Å². The van der Waals surface area contributed by atoms with Crippen molar-refractivity contribution >= 4 is 11.8 Å². The van der Waals surface area contributed by atoms with Crippen LogP contribution in [0.1, 0.15) is 36.0 Å². The van der Waals surface area contributed by atoms with Crippen molar-refractivity contribution in [1.82, 2.24) is 25.1 Å². The van der Waals surface area contributed by atoms with Crippen molar-refractivity contribution in [3.8, 4) is 5.69 Å². The van der Waals surface area contributed by atoms with Gasteiger partial charge in [-0.05, 0) is 61.9 Å². The Morgan fingerprint density at radius 1 is 1.21 bits per heavy atom. The Bertz CT molecular complexity index is 879. The zero-order valence-corrected chi connectivity index (χ0v) is 16.5. The molecule has 0 aliphatic carbocycles. The molecule has 2 amide bonds. The number of hydrogen-bond donors (Lipinski definition) is 2. The molecule has 1 aromatic carbocycles. The van der Waals surface area contributed by atoms with Gasteiger partial charge in [-0.3, -0.25) is 9.59 Å². The average molecular weight is 393 g/mol. The van der Waals surface area contributed by atoms with Crippen LogP contribution in [-0.2, 0) is 4.79 Å². The zero-order chi connectivity index (χ0) is 19.8. The van der Waals surface area contributed by atoms with Crippen LogP contribution in [0.25, 0.3) is 5.69 Å². The summed E-state index contributed by atoms with van der Waals surface area (Å²) in [5.74, 6) is 1.15. The number of rotatable bonds is 4. The molecule has 4 heterocycles. The third-order valence-corrected chi connectivity index (χ3v) is 6.80. The van der Waals surface area contributed by atoms with Crippen LogP contribution in [0, 0.1) is 11.8 Å². The van der Waals surface area contributed by atoms with Gasteiger partial charge in [0.1, 0.15) is 0 Å². The van der Waals surface area contributed by atoms with Crippen molar-refractivity contribution < 1.29 is 9.59 Å². The van der Waals surface area contributed by atoms with Crippen molar-refractivity contribution in [2.24, 2.45) is 11.8 Å². The number of piperidine rings is 3. The molecule has 0 unspecified atom stereocenters. The second-order valence-corrected chi connectivity index (χ2v) is 8.47. The number of hydrogen-bond acceptors (Lipinski definition) is 4. The van der Waals surface area contributed by atoms with Crippen LogP contribution in [0.4, 0.5) is 0 Å². The molecule has 0 saturated carbocycles. The van der Waals surface area contributed by atoms with Crippen LogP contribution in [0.15, 0.2) is 43.0 Å². The van der Waals surface area contributed by atoms with Gasteiger partial charge in [0.2, 0.25) is 5.91 Å². The van der Waals surface area contributed by atoms with Crippen LogP contribution in [-0.4, -0.2) is 58.0 Å². The van der Waals surface area contributed by atoms with Crippen molar-refractivity contribution in [2.45, 2.75) is 37.8 Å². The Labute approximate surface area is 170 Å². The zero-order valence-electron chi connectivity index (χ0n) is 16.5. The summed E-state index contributed by atoms with van der Waals surface area (Å²) in [6.07, 6.45) is 9.20. The molecule has 7 nitrogen and oxygen atoms in total. The molecule has 3 fully saturated rings. The van der Waals surface area contributed by atoms with E-state index >= 15 is 0 Å². The molecule has 3 aliphatic rings. The number of imidazole rings is 1. The fraction of sp³-hybridized carbons (Fsp3) is 0.500. The minimum absolute atomic E-state index is 0.0888. The lowest BCUT2D eigenvalue weighted by Crippen LogP contribution is -2.66. The standard InChI is InChI=1S/C22H27N5O2/c28-21-3-1-2-19-16-10-17(12-24-11-16)20(27(19)21)13-25-22(29)15-4-6-18(7-5-15)26-9-8-23-14-26/h4-9,14,16-17,19-20,24H,1-3,10-13H2,(H,25,29)/t16-,17+,19+,20+/m1/s1. The molecule has 2 N–H and O–H groups in total. The van der Waals surface area contributed by atoms with Gasteiger partial charge >= 0.3 is 0 Å². The molecule has 152 valence electrons. The molecular formula is C22H27N5O2. The summed E-state index contributed by atoms with van der Waals surface area (Å²) in [7, 11) is 0. The maximum absolute atomic E-state index is 12.8. The highest BCUT2D eigenvalue weighted by Crippen LogP contribution is 2.39. The van der Waals surface area contributed by atoms with Gasteiger partial charge in [0, 0.05) is 49.2 Å². The molecule has 5 rings (SSSR count). The Morgan fingerprint density at radius 3 is 2.83 bits per heavy atom. The summed E-state index contributed by atoms with van der Waals surface area (Å²) in [4.78, 5) is 31.6. The van der Waals surface area contributed by atoms with Crippen LogP contribution in [0.3, 0.4) is 0 Å². The first-order valence-electron chi connectivity index (χ1n) is 10.6. The van der Waals surface area contributed by atoms with Gasteiger partial charge in [-0.25, -0.2) is 4.98 Å². The maximum Gasteiger partial charge on any atom is 0.251 e. The maximum atomic E-state index is 12.8. The topological polar surface area (TPSA) is 79.3 Å². The summed E-state index contributed by atoms with van der Waals surface area (Å²) in [6, 6.07) is 7.91. The molecule has 3 aliphatic heterocycles. The number of carbonyl (C=O) groups excluding carboxylic acids is 2.